The molecule has 2 N–H and O–H groups in total. The van der Waals surface area contributed by atoms with Gasteiger partial charge in [-0.2, -0.15) is 0 Å². The van der Waals surface area contributed by atoms with Gasteiger partial charge in [0.1, 0.15) is 0 Å². The number of hydrogen-bond donors (Lipinski definition) is 1. The van der Waals surface area contributed by atoms with E-state index in [1.165, 1.54) is 29.2 Å². The highest BCUT2D eigenvalue weighted by molar-refractivity contribution is 5.83. The zero-order chi connectivity index (χ0) is 13.0. The van der Waals surface area contributed by atoms with E-state index in [2.05, 4.69) is 56.3 Å². The second-order valence-corrected chi connectivity index (χ2v) is 5.34. The number of hydrogen-bond acceptors (Lipinski definition) is 1. The summed E-state index contributed by atoms with van der Waals surface area (Å²) >= 11 is 0. The van der Waals surface area contributed by atoms with Crippen LogP contribution in [0, 0.1) is 5.92 Å². The van der Waals surface area contributed by atoms with E-state index in [4.69, 9.17) is 5.73 Å². The van der Waals surface area contributed by atoms with Crippen molar-refractivity contribution in [1.82, 2.24) is 0 Å². The molecule has 18 heavy (non-hydrogen) atoms. The summed E-state index contributed by atoms with van der Waals surface area (Å²) in [5.41, 5.74) is 7.58. The van der Waals surface area contributed by atoms with Gasteiger partial charge in [0, 0.05) is 6.04 Å². The average molecular weight is 241 g/mol. The molecular weight excluding hydrogens is 218 g/mol. The van der Waals surface area contributed by atoms with E-state index in [9.17, 15) is 0 Å². The smallest absolute Gasteiger partial charge is 0.0297 e. The molecule has 2 aromatic carbocycles. The molecular formula is C17H23N. The second kappa shape index (κ2) is 6.01. The molecule has 0 fully saturated rings. The van der Waals surface area contributed by atoms with Gasteiger partial charge in [0.25, 0.3) is 0 Å². The average Bonchev–Trinajstić information content (AvgIpc) is 2.38. The lowest BCUT2D eigenvalue weighted by Gasteiger charge is -2.17. The minimum Gasteiger partial charge on any atom is -0.324 e. The monoisotopic (exact) mass is 241 g/mol. The summed E-state index contributed by atoms with van der Waals surface area (Å²) in [7, 11) is 0. The maximum atomic E-state index is 6.32. The van der Waals surface area contributed by atoms with Gasteiger partial charge in [-0.25, -0.2) is 0 Å². The Bertz CT molecular complexity index is 504. The Morgan fingerprint density at radius 3 is 2.50 bits per heavy atom. The van der Waals surface area contributed by atoms with E-state index < -0.39 is 0 Å². The van der Waals surface area contributed by atoms with E-state index in [1.807, 2.05) is 0 Å². The summed E-state index contributed by atoms with van der Waals surface area (Å²) in [6, 6.07) is 15.2. The Morgan fingerprint density at radius 1 is 1.06 bits per heavy atom. The molecule has 0 aliphatic carbocycles. The summed E-state index contributed by atoms with van der Waals surface area (Å²) < 4.78 is 0. The van der Waals surface area contributed by atoms with Crippen LogP contribution in [0.2, 0.25) is 0 Å². The number of rotatable bonds is 5. The van der Waals surface area contributed by atoms with Crippen molar-refractivity contribution in [3.05, 3.63) is 48.0 Å². The highest BCUT2D eigenvalue weighted by Crippen LogP contribution is 2.24. The van der Waals surface area contributed by atoms with Gasteiger partial charge in [-0.1, -0.05) is 63.1 Å². The SMILES string of the molecule is CCCC(C)CC(N)c1ccc2ccccc2c1. The van der Waals surface area contributed by atoms with Crippen LogP contribution in [0.25, 0.3) is 10.8 Å². The Kier molecular flexibility index (Phi) is 4.38. The number of nitrogens with two attached hydrogens (primary N) is 1. The summed E-state index contributed by atoms with van der Waals surface area (Å²) in [5.74, 6) is 0.705. The first kappa shape index (κ1) is 13.1. The van der Waals surface area contributed by atoms with Gasteiger partial charge in [-0.15, -0.1) is 0 Å². The maximum Gasteiger partial charge on any atom is 0.0297 e. The van der Waals surface area contributed by atoms with Crippen LogP contribution in [0.3, 0.4) is 0 Å². The van der Waals surface area contributed by atoms with Gasteiger partial charge in [0.15, 0.2) is 0 Å². The molecule has 0 saturated carbocycles. The zero-order valence-corrected chi connectivity index (χ0v) is 11.4. The molecule has 0 aliphatic heterocycles. The topological polar surface area (TPSA) is 26.0 Å². The van der Waals surface area contributed by atoms with E-state index >= 15 is 0 Å². The van der Waals surface area contributed by atoms with Gasteiger partial charge < -0.3 is 5.73 Å². The van der Waals surface area contributed by atoms with Crippen molar-refractivity contribution in [2.45, 2.75) is 39.2 Å². The van der Waals surface area contributed by atoms with Crippen molar-refractivity contribution >= 4 is 10.8 Å². The van der Waals surface area contributed by atoms with Gasteiger partial charge in [0.05, 0.1) is 0 Å². The van der Waals surface area contributed by atoms with Crippen LogP contribution >= 0.6 is 0 Å². The van der Waals surface area contributed by atoms with Crippen molar-refractivity contribution in [2.24, 2.45) is 11.7 Å². The summed E-state index contributed by atoms with van der Waals surface area (Å²) in [4.78, 5) is 0. The molecule has 2 unspecified atom stereocenters. The first-order chi connectivity index (χ1) is 8.70. The molecule has 2 rings (SSSR count). The highest BCUT2D eigenvalue weighted by atomic mass is 14.6. The molecule has 2 atom stereocenters. The molecule has 1 nitrogen and oxygen atoms in total. The normalized spacial score (nSPS) is 14.6. The fourth-order valence-electron chi connectivity index (χ4n) is 2.62. The summed E-state index contributed by atoms with van der Waals surface area (Å²) in [5, 5.41) is 2.57. The predicted octanol–water partition coefficient (Wildman–Crippen LogP) is 4.67. The van der Waals surface area contributed by atoms with Crippen molar-refractivity contribution in [3.63, 3.8) is 0 Å². The van der Waals surface area contributed by atoms with Gasteiger partial charge in [0.2, 0.25) is 0 Å². The maximum absolute atomic E-state index is 6.32. The van der Waals surface area contributed by atoms with Crippen molar-refractivity contribution in [2.75, 3.05) is 0 Å². The second-order valence-electron chi connectivity index (χ2n) is 5.34. The van der Waals surface area contributed by atoms with Crippen LogP contribution in [0.4, 0.5) is 0 Å². The Balaban J connectivity index is 2.15. The summed E-state index contributed by atoms with van der Waals surface area (Å²) in [6.07, 6.45) is 3.58. The third kappa shape index (κ3) is 3.11. The van der Waals surface area contributed by atoms with Crippen LogP contribution in [-0.2, 0) is 0 Å². The van der Waals surface area contributed by atoms with Crippen LogP contribution < -0.4 is 5.73 Å². The van der Waals surface area contributed by atoms with Crippen LogP contribution in [0.5, 0.6) is 0 Å². The molecule has 96 valence electrons. The largest absolute Gasteiger partial charge is 0.324 e. The molecule has 0 spiro atoms. The van der Waals surface area contributed by atoms with E-state index in [0.29, 0.717) is 5.92 Å². The molecule has 0 saturated heterocycles. The fourth-order valence-corrected chi connectivity index (χ4v) is 2.62. The number of benzene rings is 2. The molecule has 0 radical (unpaired) electrons. The lowest BCUT2D eigenvalue weighted by atomic mass is 9.92. The van der Waals surface area contributed by atoms with Gasteiger partial charge >= 0.3 is 0 Å². The Hall–Kier alpha value is -1.34. The molecule has 0 aliphatic rings. The van der Waals surface area contributed by atoms with E-state index in [1.54, 1.807) is 0 Å². The lowest BCUT2D eigenvalue weighted by molar-refractivity contribution is 0.440. The van der Waals surface area contributed by atoms with Crippen molar-refractivity contribution in [3.8, 4) is 0 Å². The minimum atomic E-state index is 0.163. The van der Waals surface area contributed by atoms with E-state index in [0.717, 1.165) is 6.42 Å². The minimum absolute atomic E-state index is 0.163. The fraction of sp³-hybridized carbons (Fsp3) is 0.412. The van der Waals surface area contributed by atoms with Crippen molar-refractivity contribution in [1.29, 1.82) is 0 Å². The standard InChI is InChI=1S/C17H23N/c1-3-6-13(2)11-17(18)16-10-9-14-7-4-5-8-15(14)12-16/h4-5,7-10,12-13,17H,3,6,11,18H2,1-2H3. The first-order valence-corrected chi connectivity index (χ1v) is 6.95. The molecule has 0 bridgehead atoms. The quantitative estimate of drug-likeness (QED) is 0.809. The van der Waals surface area contributed by atoms with Crippen LogP contribution in [-0.4, -0.2) is 0 Å². The molecule has 1 heteroatoms. The third-order valence-corrected chi connectivity index (χ3v) is 3.64. The zero-order valence-electron chi connectivity index (χ0n) is 11.4. The molecule has 0 heterocycles. The molecule has 0 aromatic heterocycles. The van der Waals surface area contributed by atoms with Gasteiger partial charge in [-0.3, -0.25) is 0 Å². The summed E-state index contributed by atoms with van der Waals surface area (Å²) in [6.45, 7) is 4.53. The number of fused-ring (bicyclic) bond motifs is 1. The molecule has 2 aromatic rings. The van der Waals surface area contributed by atoms with E-state index in [-0.39, 0.29) is 6.04 Å². The first-order valence-electron chi connectivity index (χ1n) is 6.95. The lowest BCUT2D eigenvalue weighted by Crippen LogP contribution is -2.14. The third-order valence-electron chi connectivity index (χ3n) is 3.64. The molecule has 0 amide bonds. The van der Waals surface area contributed by atoms with Crippen LogP contribution in [0.1, 0.15) is 44.7 Å². The van der Waals surface area contributed by atoms with Crippen LogP contribution in [0.15, 0.2) is 42.5 Å². The van der Waals surface area contributed by atoms with Crippen molar-refractivity contribution < 1.29 is 0 Å². The Morgan fingerprint density at radius 2 is 1.78 bits per heavy atom. The van der Waals surface area contributed by atoms with Gasteiger partial charge in [-0.05, 0) is 34.7 Å². The Labute approximate surface area is 110 Å². The predicted molar refractivity (Wildman–Crippen MR) is 79.6 cm³/mol. The highest BCUT2D eigenvalue weighted by Gasteiger charge is 2.11.